The molecule has 166 valence electrons. The summed E-state index contributed by atoms with van der Waals surface area (Å²) in [6, 6.07) is 0.220. The lowest BCUT2D eigenvalue weighted by atomic mass is 10.1. The van der Waals surface area contributed by atoms with Gasteiger partial charge in [-0.1, -0.05) is 0 Å². The molecule has 31 heavy (non-hydrogen) atoms. The molecule has 0 spiro atoms. The molecule has 2 N–H and O–H groups in total. The summed E-state index contributed by atoms with van der Waals surface area (Å²) in [5.74, 6) is 1.67. The molecule has 2 saturated heterocycles. The van der Waals surface area contributed by atoms with E-state index >= 15 is 0 Å². The van der Waals surface area contributed by atoms with Gasteiger partial charge in [-0.25, -0.2) is 13.4 Å². The first-order valence-electron chi connectivity index (χ1n) is 10.8. The molecular weight excluding hydrogens is 418 g/mol. The lowest BCUT2D eigenvalue weighted by molar-refractivity contribution is 0.250. The summed E-state index contributed by atoms with van der Waals surface area (Å²) in [6.07, 6.45) is 10.6. The number of H-pyrrole nitrogens is 1. The number of piperidine rings is 2. The molecule has 0 bridgehead atoms. The van der Waals surface area contributed by atoms with Crippen molar-refractivity contribution in [3.05, 3.63) is 18.6 Å². The van der Waals surface area contributed by atoms with Crippen molar-refractivity contribution in [1.82, 2.24) is 34.7 Å². The highest BCUT2D eigenvalue weighted by atomic mass is 32.2. The standard InChI is InChI=1S/C19H27N9O2S/c29-31(30)13-26-8-4-15(5-9-26)23-19-24-16-12-20-17(14-10-21-22-11-14)18(28(16)25-19)27-6-2-1-3-7-27/h10-12,15,31H,1-9,13H2,(H,21,22)(H,23,25). The Balaban J connectivity index is 1.41. The maximum atomic E-state index is 11.0. The summed E-state index contributed by atoms with van der Waals surface area (Å²) >= 11 is 0. The van der Waals surface area contributed by atoms with E-state index in [1.54, 1.807) is 12.4 Å². The predicted molar refractivity (Wildman–Crippen MR) is 118 cm³/mol. The van der Waals surface area contributed by atoms with E-state index in [9.17, 15) is 8.42 Å². The van der Waals surface area contributed by atoms with Crippen molar-refractivity contribution < 1.29 is 8.42 Å². The van der Waals surface area contributed by atoms with E-state index in [4.69, 9.17) is 10.1 Å². The summed E-state index contributed by atoms with van der Waals surface area (Å²) < 4.78 is 23.8. The van der Waals surface area contributed by atoms with Crippen LogP contribution in [0.15, 0.2) is 18.6 Å². The topological polar surface area (TPSA) is 124 Å². The maximum absolute atomic E-state index is 11.0. The molecule has 0 saturated carbocycles. The van der Waals surface area contributed by atoms with Crippen LogP contribution in [-0.2, 0) is 10.7 Å². The van der Waals surface area contributed by atoms with Gasteiger partial charge in [-0.2, -0.15) is 14.6 Å². The van der Waals surface area contributed by atoms with Gasteiger partial charge in [-0.05, 0) is 32.1 Å². The van der Waals surface area contributed by atoms with Crippen LogP contribution in [0.25, 0.3) is 16.9 Å². The van der Waals surface area contributed by atoms with Crippen LogP contribution in [0.3, 0.4) is 0 Å². The van der Waals surface area contributed by atoms with E-state index < -0.39 is 10.7 Å². The van der Waals surface area contributed by atoms with Gasteiger partial charge >= 0.3 is 0 Å². The number of fused-ring (bicyclic) bond motifs is 1. The number of hydrogen-bond acceptors (Lipinski definition) is 9. The summed E-state index contributed by atoms with van der Waals surface area (Å²) in [5, 5.41) is 15.2. The molecule has 0 unspecified atom stereocenters. The number of rotatable bonds is 6. The molecule has 12 heteroatoms. The number of aromatic nitrogens is 6. The second-order valence-electron chi connectivity index (χ2n) is 8.18. The van der Waals surface area contributed by atoms with Crippen LogP contribution in [0.1, 0.15) is 32.1 Å². The molecule has 2 aliphatic rings. The van der Waals surface area contributed by atoms with Crippen LogP contribution in [-0.4, -0.2) is 81.2 Å². The highest BCUT2D eigenvalue weighted by Gasteiger charge is 2.24. The second kappa shape index (κ2) is 8.79. The Hall–Kier alpha value is -2.73. The van der Waals surface area contributed by atoms with E-state index in [2.05, 4.69) is 25.4 Å². The highest BCUT2D eigenvalue weighted by molar-refractivity contribution is 7.72. The molecule has 0 atom stereocenters. The Labute approximate surface area is 181 Å². The molecule has 0 radical (unpaired) electrons. The monoisotopic (exact) mass is 445 g/mol. The van der Waals surface area contributed by atoms with Crippen molar-refractivity contribution in [2.24, 2.45) is 0 Å². The largest absolute Gasteiger partial charge is 0.355 e. The molecule has 0 aromatic carbocycles. The van der Waals surface area contributed by atoms with Crippen molar-refractivity contribution in [1.29, 1.82) is 0 Å². The summed E-state index contributed by atoms with van der Waals surface area (Å²) in [6.45, 7) is 3.43. The number of aromatic amines is 1. The number of nitrogens with one attached hydrogen (secondary N) is 2. The maximum Gasteiger partial charge on any atom is 0.243 e. The molecule has 3 aromatic heterocycles. The van der Waals surface area contributed by atoms with Crippen molar-refractivity contribution in [2.75, 3.05) is 42.3 Å². The van der Waals surface area contributed by atoms with Crippen LogP contribution in [0.5, 0.6) is 0 Å². The normalized spacial score (nSPS) is 18.8. The van der Waals surface area contributed by atoms with Crippen LogP contribution in [0.2, 0.25) is 0 Å². The molecular formula is C19H27N9O2S. The fraction of sp³-hybridized carbons (Fsp3) is 0.579. The zero-order chi connectivity index (χ0) is 21.2. The average molecular weight is 446 g/mol. The fourth-order valence-electron chi connectivity index (χ4n) is 4.44. The van der Waals surface area contributed by atoms with Crippen LogP contribution in [0, 0.1) is 0 Å². The molecule has 2 fully saturated rings. The lowest BCUT2D eigenvalue weighted by Crippen LogP contribution is -2.40. The van der Waals surface area contributed by atoms with Crippen molar-refractivity contribution in [3.63, 3.8) is 0 Å². The minimum Gasteiger partial charge on any atom is -0.355 e. The molecule has 2 aliphatic heterocycles. The van der Waals surface area contributed by atoms with Gasteiger partial charge in [-0.3, -0.25) is 10.00 Å². The molecule has 11 nitrogen and oxygen atoms in total. The van der Waals surface area contributed by atoms with Crippen LogP contribution >= 0.6 is 0 Å². The lowest BCUT2D eigenvalue weighted by Gasteiger charge is -2.30. The quantitative estimate of drug-likeness (QED) is 0.476. The average Bonchev–Trinajstić information content (AvgIpc) is 3.44. The molecule has 0 aliphatic carbocycles. The summed E-state index contributed by atoms with van der Waals surface area (Å²) in [7, 11) is -2.37. The number of thiol groups is 1. The van der Waals surface area contributed by atoms with Crippen molar-refractivity contribution >= 4 is 28.1 Å². The zero-order valence-corrected chi connectivity index (χ0v) is 18.2. The third kappa shape index (κ3) is 4.35. The minimum absolute atomic E-state index is 0.135. The van der Waals surface area contributed by atoms with Gasteiger partial charge in [0.25, 0.3) is 0 Å². The number of hydrogen-bond donors (Lipinski definition) is 3. The zero-order valence-electron chi connectivity index (χ0n) is 17.3. The number of nitrogens with zero attached hydrogens (tertiary/aromatic N) is 7. The predicted octanol–water partition coefficient (Wildman–Crippen LogP) is 0.950. The van der Waals surface area contributed by atoms with Gasteiger partial charge in [0.1, 0.15) is 5.69 Å². The van der Waals surface area contributed by atoms with Gasteiger partial charge in [0.2, 0.25) is 5.95 Å². The van der Waals surface area contributed by atoms with E-state index in [0.717, 1.165) is 68.9 Å². The van der Waals surface area contributed by atoms with Crippen molar-refractivity contribution in [2.45, 2.75) is 38.1 Å². The Morgan fingerprint density at radius 3 is 2.61 bits per heavy atom. The summed E-state index contributed by atoms with van der Waals surface area (Å²) in [5.41, 5.74) is 2.48. The highest BCUT2D eigenvalue weighted by Crippen LogP contribution is 2.31. The van der Waals surface area contributed by atoms with E-state index in [-0.39, 0.29) is 11.9 Å². The van der Waals surface area contributed by atoms with Crippen molar-refractivity contribution in [3.8, 4) is 11.3 Å². The van der Waals surface area contributed by atoms with Crippen LogP contribution in [0.4, 0.5) is 11.8 Å². The van der Waals surface area contributed by atoms with Gasteiger partial charge in [0, 0.05) is 44.0 Å². The van der Waals surface area contributed by atoms with Gasteiger partial charge in [0.05, 0.1) is 18.3 Å². The SMILES string of the molecule is O=[SH](=O)CN1CCC(Nc2nc3cnc(-c4cn[nH]c4)c(N4CCCCC4)n3n2)CC1. The van der Waals surface area contributed by atoms with E-state index in [0.29, 0.717) is 11.6 Å². The number of likely N-dealkylation sites (tertiary alicyclic amines) is 1. The summed E-state index contributed by atoms with van der Waals surface area (Å²) in [4.78, 5) is 13.7. The van der Waals surface area contributed by atoms with Gasteiger partial charge in [-0.15, -0.1) is 5.10 Å². The Kier molecular flexibility index (Phi) is 5.72. The molecule has 5 heterocycles. The Bertz CT molecular complexity index is 1090. The fourth-order valence-corrected chi connectivity index (χ4v) is 5.05. The third-order valence-corrected chi connectivity index (χ3v) is 6.65. The number of anilines is 2. The van der Waals surface area contributed by atoms with E-state index in [1.165, 1.54) is 6.42 Å². The van der Waals surface area contributed by atoms with E-state index in [1.807, 2.05) is 15.6 Å². The molecule has 5 rings (SSSR count). The first kappa shape index (κ1) is 20.2. The Morgan fingerprint density at radius 1 is 1.10 bits per heavy atom. The molecule has 0 amide bonds. The first-order valence-corrected chi connectivity index (χ1v) is 12.1. The van der Waals surface area contributed by atoms with Gasteiger partial charge < -0.3 is 10.2 Å². The molecule has 3 aromatic rings. The first-order chi connectivity index (χ1) is 15.2. The minimum atomic E-state index is -2.37. The smallest absolute Gasteiger partial charge is 0.243 e. The van der Waals surface area contributed by atoms with Crippen LogP contribution < -0.4 is 10.2 Å². The second-order valence-corrected chi connectivity index (χ2v) is 9.13. The Morgan fingerprint density at radius 2 is 1.90 bits per heavy atom. The third-order valence-electron chi connectivity index (χ3n) is 6.02. The van der Waals surface area contributed by atoms with Gasteiger partial charge in [0.15, 0.2) is 22.2 Å².